The van der Waals surface area contributed by atoms with Crippen LogP contribution in [-0.2, 0) is 4.74 Å². The molecule has 0 radical (unpaired) electrons. The minimum atomic E-state index is -4.06. The molecule has 1 aliphatic rings. The fourth-order valence-electron chi connectivity index (χ4n) is 2.26. The first-order chi connectivity index (χ1) is 8.47. The number of ether oxygens (including phenoxy) is 1. The molecule has 1 unspecified atom stereocenters. The van der Waals surface area contributed by atoms with Gasteiger partial charge in [-0.15, -0.1) is 0 Å². The fourth-order valence-corrected chi connectivity index (χ4v) is 2.26. The van der Waals surface area contributed by atoms with Crippen LogP contribution < -0.4 is 5.32 Å². The third-order valence-corrected chi connectivity index (χ3v) is 3.31. The van der Waals surface area contributed by atoms with Gasteiger partial charge in [-0.2, -0.15) is 13.2 Å². The summed E-state index contributed by atoms with van der Waals surface area (Å²) in [5.41, 5.74) is 0. The minimum absolute atomic E-state index is 0.0137. The lowest BCUT2D eigenvalue weighted by Gasteiger charge is -2.24. The number of halogens is 3. The first-order valence-corrected chi connectivity index (χ1v) is 6.89. The van der Waals surface area contributed by atoms with Gasteiger partial charge in [0.2, 0.25) is 0 Å². The number of nitrogens with one attached hydrogen (secondary N) is 1. The van der Waals surface area contributed by atoms with Crippen molar-refractivity contribution in [2.24, 2.45) is 0 Å². The molecule has 0 heterocycles. The van der Waals surface area contributed by atoms with E-state index in [0.717, 1.165) is 6.54 Å². The molecule has 5 heteroatoms. The van der Waals surface area contributed by atoms with Crippen molar-refractivity contribution in [3.8, 4) is 0 Å². The van der Waals surface area contributed by atoms with Crippen LogP contribution in [0.3, 0.4) is 0 Å². The Morgan fingerprint density at radius 1 is 1.22 bits per heavy atom. The summed E-state index contributed by atoms with van der Waals surface area (Å²) in [7, 11) is 0. The first-order valence-electron chi connectivity index (χ1n) is 6.89. The molecule has 1 N–H and O–H groups in total. The second kappa shape index (κ2) is 8.00. The SMILES string of the molecule is CC(CNC1CCCCC1)OCCCC(F)(F)F. The van der Waals surface area contributed by atoms with E-state index in [0.29, 0.717) is 6.04 Å². The number of alkyl halides is 3. The van der Waals surface area contributed by atoms with Crippen LogP contribution >= 0.6 is 0 Å². The Kier molecular flexibility index (Phi) is 7.00. The van der Waals surface area contributed by atoms with Gasteiger partial charge in [0, 0.05) is 25.6 Å². The molecule has 0 aliphatic heterocycles. The Morgan fingerprint density at radius 3 is 2.50 bits per heavy atom. The van der Waals surface area contributed by atoms with Crippen molar-refractivity contribution in [3.63, 3.8) is 0 Å². The molecule has 0 saturated heterocycles. The van der Waals surface area contributed by atoms with Crippen molar-refractivity contribution in [1.29, 1.82) is 0 Å². The molecule has 1 fully saturated rings. The van der Waals surface area contributed by atoms with Gasteiger partial charge in [-0.3, -0.25) is 0 Å². The Bertz CT molecular complexity index is 215. The molecule has 0 aromatic carbocycles. The van der Waals surface area contributed by atoms with Gasteiger partial charge in [0.15, 0.2) is 0 Å². The van der Waals surface area contributed by atoms with Crippen LogP contribution in [0.15, 0.2) is 0 Å². The molecule has 2 nitrogen and oxygen atoms in total. The zero-order valence-corrected chi connectivity index (χ0v) is 11.1. The average Bonchev–Trinajstić information content (AvgIpc) is 2.32. The third kappa shape index (κ3) is 7.93. The Hall–Kier alpha value is -0.290. The summed E-state index contributed by atoms with van der Waals surface area (Å²) in [5.74, 6) is 0. The van der Waals surface area contributed by atoms with E-state index in [-0.39, 0.29) is 19.1 Å². The van der Waals surface area contributed by atoms with E-state index in [9.17, 15) is 13.2 Å². The topological polar surface area (TPSA) is 21.3 Å². The zero-order valence-electron chi connectivity index (χ0n) is 11.1. The molecule has 1 rings (SSSR count). The van der Waals surface area contributed by atoms with E-state index in [1.807, 2.05) is 6.92 Å². The largest absolute Gasteiger partial charge is 0.389 e. The van der Waals surface area contributed by atoms with E-state index in [2.05, 4.69) is 5.32 Å². The lowest BCUT2D eigenvalue weighted by atomic mass is 9.95. The molecule has 0 aromatic heterocycles. The maximum atomic E-state index is 11.9. The molecule has 108 valence electrons. The van der Waals surface area contributed by atoms with Crippen LogP contribution in [0.25, 0.3) is 0 Å². The highest BCUT2D eigenvalue weighted by molar-refractivity contribution is 4.72. The average molecular weight is 267 g/mol. The Labute approximate surface area is 107 Å². The van der Waals surface area contributed by atoms with Gasteiger partial charge in [0.25, 0.3) is 0 Å². The lowest BCUT2D eigenvalue weighted by Crippen LogP contribution is -2.36. The summed E-state index contributed by atoms with van der Waals surface area (Å²) in [5, 5.41) is 3.43. The predicted molar refractivity (Wildman–Crippen MR) is 65.6 cm³/mol. The van der Waals surface area contributed by atoms with Gasteiger partial charge < -0.3 is 10.1 Å². The van der Waals surface area contributed by atoms with E-state index < -0.39 is 12.6 Å². The Morgan fingerprint density at radius 2 is 1.89 bits per heavy atom. The number of hydrogen-bond acceptors (Lipinski definition) is 2. The number of hydrogen-bond donors (Lipinski definition) is 1. The summed E-state index contributed by atoms with van der Waals surface area (Å²) in [6.07, 6.45) is 1.51. The van der Waals surface area contributed by atoms with Crippen LogP contribution in [0, 0.1) is 0 Å². The van der Waals surface area contributed by atoms with E-state index in [1.54, 1.807) is 0 Å². The van der Waals surface area contributed by atoms with Gasteiger partial charge in [-0.25, -0.2) is 0 Å². The summed E-state index contributed by atoms with van der Waals surface area (Å²) in [6.45, 7) is 2.83. The van der Waals surface area contributed by atoms with E-state index in [4.69, 9.17) is 4.74 Å². The minimum Gasteiger partial charge on any atom is -0.377 e. The molecule has 18 heavy (non-hydrogen) atoms. The van der Waals surface area contributed by atoms with E-state index >= 15 is 0 Å². The van der Waals surface area contributed by atoms with Crippen LogP contribution in [0.1, 0.15) is 51.9 Å². The van der Waals surface area contributed by atoms with Gasteiger partial charge in [-0.1, -0.05) is 19.3 Å². The van der Waals surface area contributed by atoms with Crippen LogP contribution in [-0.4, -0.2) is 31.5 Å². The monoisotopic (exact) mass is 267 g/mol. The lowest BCUT2D eigenvalue weighted by molar-refractivity contribution is -0.138. The molecule has 0 spiro atoms. The second-order valence-corrected chi connectivity index (χ2v) is 5.14. The van der Waals surface area contributed by atoms with E-state index in [1.165, 1.54) is 32.1 Å². The maximum Gasteiger partial charge on any atom is 0.389 e. The van der Waals surface area contributed by atoms with Crippen molar-refractivity contribution >= 4 is 0 Å². The molecule has 0 aromatic rings. The van der Waals surface area contributed by atoms with Crippen molar-refractivity contribution < 1.29 is 17.9 Å². The van der Waals surface area contributed by atoms with Crippen molar-refractivity contribution in [3.05, 3.63) is 0 Å². The highest BCUT2D eigenvalue weighted by Crippen LogP contribution is 2.21. The smallest absolute Gasteiger partial charge is 0.377 e. The van der Waals surface area contributed by atoms with Crippen molar-refractivity contribution in [2.75, 3.05) is 13.2 Å². The predicted octanol–water partition coefficient (Wildman–Crippen LogP) is 3.66. The van der Waals surface area contributed by atoms with Crippen LogP contribution in [0.5, 0.6) is 0 Å². The summed E-state index contributed by atoms with van der Waals surface area (Å²) in [6, 6.07) is 0.569. The normalized spacial score (nSPS) is 20.0. The fraction of sp³-hybridized carbons (Fsp3) is 1.00. The standard InChI is InChI=1S/C13H24F3NO/c1-11(18-9-5-8-13(14,15)16)10-17-12-6-3-2-4-7-12/h11-12,17H,2-10H2,1H3. The molecule has 1 saturated carbocycles. The summed E-state index contributed by atoms with van der Waals surface area (Å²) in [4.78, 5) is 0. The van der Waals surface area contributed by atoms with Gasteiger partial charge in [0.1, 0.15) is 0 Å². The van der Waals surface area contributed by atoms with Crippen LogP contribution in [0.2, 0.25) is 0 Å². The van der Waals surface area contributed by atoms with Crippen molar-refractivity contribution in [2.45, 2.75) is 70.2 Å². The first kappa shape index (κ1) is 15.8. The maximum absolute atomic E-state index is 11.9. The third-order valence-electron chi connectivity index (χ3n) is 3.31. The van der Waals surface area contributed by atoms with Crippen LogP contribution in [0.4, 0.5) is 13.2 Å². The molecular formula is C13H24F3NO. The molecule has 1 aliphatic carbocycles. The second-order valence-electron chi connectivity index (χ2n) is 5.14. The zero-order chi connectivity index (χ0) is 13.4. The van der Waals surface area contributed by atoms with Gasteiger partial charge in [0.05, 0.1) is 6.10 Å². The quantitative estimate of drug-likeness (QED) is 0.711. The molecule has 0 bridgehead atoms. The molecular weight excluding hydrogens is 243 g/mol. The highest BCUT2D eigenvalue weighted by Gasteiger charge is 2.26. The summed E-state index contributed by atoms with van der Waals surface area (Å²) < 4.78 is 41.1. The van der Waals surface area contributed by atoms with Crippen molar-refractivity contribution in [1.82, 2.24) is 5.32 Å². The van der Waals surface area contributed by atoms with Gasteiger partial charge >= 0.3 is 6.18 Å². The summed E-state index contributed by atoms with van der Waals surface area (Å²) >= 11 is 0. The van der Waals surface area contributed by atoms with Gasteiger partial charge in [-0.05, 0) is 26.2 Å². The highest BCUT2D eigenvalue weighted by atomic mass is 19.4. The Balaban J connectivity index is 1.98. The molecule has 1 atom stereocenters. The number of rotatable bonds is 7. The molecule has 0 amide bonds.